The van der Waals surface area contributed by atoms with E-state index in [0.29, 0.717) is 76.0 Å². The Bertz CT molecular complexity index is 1740. The van der Waals surface area contributed by atoms with Crippen molar-refractivity contribution in [3.63, 3.8) is 0 Å². The SMILES string of the molecule is C=CCN1CC[C@]23c4c5ccc(O)c4O[C@H]2C(=N/N=C2\CC[C@@]4(O)[C@H]6Cc7ccc(O)c8c7[C@@]4(CCN6CC=C)[C@H]2O8)CC[C@@]3(O)[C@H]1C5. The van der Waals surface area contributed by atoms with Crippen LogP contribution in [-0.2, 0) is 23.7 Å². The van der Waals surface area contributed by atoms with Crippen molar-refractivity contribution in [2.45, 2.75) is 97.7 Å². The van der Waals surface area contributed by atoms with E-state index >= 15 is 0 Å². The van der Waals surface area contributed by atoms with Crippen LogP contribution in [0.25, 0.3) is 0 Å². The topological polar surface area (TPSA) is 131 Å². The van der Waals surface area contributed by atoms with Gasteiger partial charge in [-0.15, -0.1) is 13.2 Å². The third kappa shape index (κ3) is 3.15. The van der Waals surface area contributed by atoms with Gasteiger partial charge in [-0.05, 0) is 74.6 Å². The zero-order valence-corrected chi connectivity index (χ0v) is 27.1. The molecule has 0 aromatic heterocycles. The van der Waals surface area contributed by atoms with Crippen molar-refractivity contribution in [2.75, 3.05) is 26.2 Å². The molecule has 10 nitrogen and oxygen atoms in total. The summed E-state index contributed by atoms with van der Waals surface area (Å²) in [7, 11) is 0. The number of phenols is 2. The molecule has 4 bridgehead atoms. The lowest BCUT2D eigenvalue weighted by atomic mass is 9.48. The van der Waals surface area contributed by atoms with Crippen LogP contribution in [0.1, 0.15) is 60.8 Å². The third-order valence-corrected chi connectivity index (χ3v) is 13.8. The second-order valence-electron chi connectivity index (χ2n) is 15.4. The Morgan fingerprint density at radius 1 is 0.708 bits per heavy atom. The van der Waals surface area contributed by atoms with Crippen molar-refractivity contribution >= 4 is 11.4 Å². The molecular formula is C38H42N4O6. The molecule has 8 aliphatic rings. The van der Waals surface area contributed by atoms with Crippen LogP contribution in [-0.4, -0.2) is 103 Å². The van der Waals surface area contributed by atoms with Crippen molar-refractivity contribution in [3.8, 4) is 23.0 Å². The number of hydrogen-bond acceptors (Lipinski definition) is 10. The molecule has 2 saturated carbocycles. The highest BCUT2D eigenvalue weighted by molar-refractivity contribution is 5.97. The minimum absolute atomic E-state index is 0.0885. The Hall–Kier alpha value is -3.70. The van der Waals surface area contributed by atoms with Gasteiger partial charge in [0, 0.05) is 49.4 Å². The first-order valence-corrected chi connectivity index (χ1v) is 17.5. The molecule has 2 spiro atoms. The predicted molar refractivity (Wildman–Crippen MR) is 179 cm³/mol. The summed E-state index contributed by atoms with van der Waals surface area (Å²) in [5.74, 6) is 1.11. The van der Waals surface area contributed by atoms with Crippen LogP contribution in [0.5, 0.6) is 23.0 Å². The van der Waals surface area contributed by atoms with Gasteiger partial charge in [0.25, 0.3) is 0 Å². The number of rotatable bonds is 5. The van der Waals surface area contributed by atoms with Gasteiger partial charge in [0.2, 0.25) is 0 Å². The lowest BCUT2D eigenvalue weighted by Crippen LogP contribution is -2.76. The van der Waals surface area contributed by atoms with Crippen LogP contribution in [0, 0.1) is 0 Å². The van der Waals surface area contributed by atoms with Gasteiger partial charge in [-0.25, -0.2) is 0 Å². The summed E-state index contributed by atoms with van der Waals surface area (Å²) in [6, 6.07) is 7.18. The zero-order chi connectivity index (χ0) is 32.8. The highest BCUT2D eigenvalue weighted by Crippen LogP contribution is 2.66. The van der Waals surface area contributed by atoms with Crippen LogP contribution in [0.2, 0.25) is 0 Å². The first-order valence-electron chi connectivity index (χ1n) is 17.5. The van der Waals surface area contributed by atoms with E-state index in [1.807, 2.05) is 24.3 Å². The molecule has 4 fully saturated rings. The summed E-state index contributed by atoms with van der Waals surface area (Å²) >= 11 is 0. The summed E-state index contributed by atoms with van der Waals surface area (Å²) in [6.07, 6.45) is 7.42. The van der Waals surface area contributed by atoms with E-state index in [2.05, 4.69) is 23.0 Å². The molecule has 4 N–H and O–H groups in total. The van der Waals surface area contributed by atoms with Gasteiger partial charge in [0.1, 0.15) is 0 Å². The highest BCUT2D eigenvalue weighted by atomic mass is 16.5. The van der Waals surface area contributed by atoms with Crippen LogP contribution in [0.4, 0.5) is 0 Å². The number of piperidine rings is 2. The average Bonchev–Trinajstić information content (AvgIpc) is 3.61. The van der Waals surface area contributed by atoms with Crippen molar-refractivity contribution < 1.29 is 29.9 Å². The highest BCUT2D eigenvalue weighted by Gasteiger charge is 2.74. The number of aromatic hydroxyl groups is 2. The Morgan fingerprint density at radius 3 is 1.56 bits per heavy atom. The number of phenolic OH excluding ortho intramolecular Hbond substituents is 2. The van der Waals surface area contributed by atoms with E-state index in [1.165, 1.54) is 0 Å². The second kappa shape index (κ2) is 9.50. The number of nitrogens with zero attached hydrogens (tertiary/aromatic N) is 4. The van der Waals surface area contributed by atoms with E-state index in [0.717, 1.165) is 46.8 Å². The van der Waals surface area contributed by atoms with E-state index in [1.54, 1.807) is 12.1 Å². The largest absolute Gasteiger partial charge is 0.504 e. The van der Waals surface area contributed by atoms with Crippen molar-refractivity contribution in [1.82, 2.24) is 9.80 Å². The summed E-state index contributed by atoms with van der Waals surface area (Å²) < 4.78 is 13.3. The van der Waals surface area contributed by atoms with E-state index in [-0.39, 0.29) is 23.6 Å². The molecule has 2 aromatic carbocycles. The summed E-state index contributed by atoms with van der Waals surface area (Å²) in [5.41, 5.74) is 1.99. The fraction of sp³-hybridized carbons (Fsp3) is 0.526. The molecule has 2 saturated heterocycles. The van der Waals surface area contributed by atoms with Gasteiger partial charge in [0.15, 0.2) is 35.2 Å². The third-order valence-electron chi connectivity index (χ3n) is 13.8. The lowest BCUT2D eigenvalue weighted by molar-refractivity contribution is -0.164. The first kappa shape index (κ1) is 29.2. The Balaban J connectivity index is 1.08. The van der Waals surface area contributed by atoms with Gasteiger partial charge in [-0.2, -0.15) is 10.2 Å². The number of ether oxygens (including phenoxy) is 2. The maximum absolute atomic E-state index is 12.7. The monoisotopic (exact) mass is 650 g/mol. The molecule has 2 aromatic rings. The minimum Gasteiger partial charge on any atom is -0.504 e. The maximum Gasteiger partial charge on any atom is 0.166 e. The molecule has 0 unspecified atom stereocenters. The van der Waals surface area contributed by atoms with Crippen LogP contribution in [0.3, 0.4) is 0 Å². The van der Waals surface area contributed by atoms with Gasteiger partial charge in [0.05, 0.1) is 33.5 Å². The van der Waals surface area contributed by atoms with Crippen molar-refractivity contribution in [3.05, 3.63) is 71.8 Å². The molecule has 10 heteroatoms. The second-order valence-corrected chi connectivity index (χ2v) is 15.4. The first-order chi connectivity index (χ1) is 23.2. The van der Waals surface area contributed by atoms with Crippen LogP contribution < -0.4 is 9.47 Å². The zero-order valence-electron chi connectivity index (χ0n) is 27.1. The standard InChI is InChI=1S/C38H42N4O6/c1-3-15-41-17-13-35-29-21-5-7-25(43)31(29)47-33(35)23(9-11-37(35,45)27(41)19-21)39-40-24-10-12-38(46)28-20-22-6-8-26(44)32-30(22)36(38,34(24)48-32)14-18-42(28)16-4-2/h3-8,27-28,33-34,43-46H,1-2,9-20H2/b39-23+,40-24?/t27-,28-,33+,34+,35+,36+,37-,38-/m1/s1. The van der Waals surface area contributed by atoms with Crippen LogP contribution >= 0.6 is 0 Å². The Kier molecular flexibility index (Phi) is 5.79. The number of likely N-dealkylation sites (tertiary alicyclic amines) is 2. The van der Waals surface area contributed by atoms with E-state index in [4.69, 9.17) is 19.7 Å². The molecule has 4 aliphatic heterocycles. The minimum atomic E-state index is -1.06. The Labute approximate surface area is 279 Å². The molecule has 4 heterocycles. The van der Waals surface area contributed by atoms with Crippen molar-refractivity contribution in [1.29, 1.82) is 0 Å². The van der Waals surface area contributed by atoms with Crippen molar-refractivity contribution in [2.24, 2.45) is 10.2 Å². The van der Waals surface area contributed by atoms with E-state index < -0.39 is 34.2 Å². The molecule has 0 amide bonds. The number of benzene rings is 2. The van der Waals surface area contributed by atoms with Crippen LogP contribution in [0.15, 0.2) is 59.8 Å². The molecule has 10 rings (SSSR count). The number of hydrogen-bond donors (Lipinski definition) is 4. The lowest BCUT2D eigenvalue weighted by Gasteiger charge is -2.63. The normalized spacial score (nSPS) is 41.4. The fourth-order valence-electron chi connectivity index (χ4n) is 12.0. The molecule has 250 valence electrons. The Morgan fingerprint density at radius 2 is 1.15 bits per heavy atom. The molecule has 4 aliphatic carbocycles. The van der Waals surface area contributed by atoms with E-state index in [9.17, 15) is 20.4 Å². The van der Waals surface area contributed by atoms with Gasteiger partial charge < -0.3 is 29.9 Å². The molecule has 0 radical (unpaired) electrons. The number of aliphatic hydroxyl groups is 2. The summed E-state index contributed by atoms with van der Waals surface area (Å²) in [5, 5.41) is 57.4. The summed E-state index contributed by atoms with van der Waals surface area (Å²) in [4.78, 5) is 4.68. The maximum atomic E-state index is 12.7. The predicted octanol–water partition coefficient (Wildman–Crippen LogP) is 3.28. The molecule has 8 atom stereocenters. The van der Waals surface area contributed by atoms with Gasteiger partial charge in [-0.3, -0.25) is 9.80 Å². The average molecular weight is 651 g/mol. The quantitative estimate of drug-likeness (QED) is 0.287. The smallest absolute Gasteiger partial charge is 0.166 e. The van der Waals surface area contributed by atoms with Gasteiger partial charge >= 0.3 is 0 Å². The molecular weight excluding hydrogens is 608 g/mol. The molecule has 48 heavy (non-hydrogen) atoms. The summed E-state index contributed by atoms with van der Waals surface area (Å²) in [6.45, 7) is 10.9. The fourth-order valence-corrected chi connectivity index (χ4v) is 12.0. The van der Waals surface area contributed by atoms with Gasteiger partial charge in [-0.1, -0.05) is 24.3 Å².